The molecule has 11 heteroatoms. The fourth-order valence-corrected chi connectivity index (χ4v) is 5.98. The molecule has 0 unspecified atom stereocenters. The smallest absolute Gasteiger partial charge is 0.252 e. The zero-order valence-electron chi connectivity index (χ0n) is 24.3. The van der Waals surface area contributed by atoms with Gasteiger partial charge in [0.2, 0.25) is 0 Å². The lowest BCUT2D eigenvalue weighted by Crippen LogP contribution is -2.60. The van der Waals surface area contributed by atoms with E-state index in [1.165, 1.54) is 12.1 Å². The number of aromatic nitrogens is 5. The highest BCUT2D eigenvalue weighted by Gasteiger charge is 2.37. The van der Waals surface area contributed by atoms with Crippen LogP contribution in [0.4, 0.5) is 10.2 Å². The van der Waals surface area contributed by atoms with Crippen LogP contribution in [0.15, 0.2) is 55.0 Å². The largest absolute Gasteiger partial charge is 0.492 e. The SMILES string of the molecule is CCOc1cc(-c2ccc(N3CCC(CN(C)C)(NC(=O)c4cc(F)ccc4C)CC3)nc2)c2c3cn[nH]c3nn2c1. The fraction of sp³-hybridized carbons (Fsp3) is 0.355. The van der Waals surface area contributed by atoms with Crippen molar-refractivity contribution in [3.63, 3.8) is 0 Å². The summed E-state index contributed by atoms with van der Waals surface area (Å²) >= 11 is 0. The van der Waals surface area contributed by atoms with Gasteiger partial charge in [-0.2, -0.15) is 5.10 Å². The predicted molar refractivity (Wildman–Crippen MR) is 161 cm³/mol. The van der Waals surface area contributed by atoms with Crippen molar-refractivity contribution < 1.29 is 13.9 Å². The van der Waals surface area contributed by atoms with Gasteiger partial charge in [-0.3, -0.25) is 9.89 Å². The Labute approximate surface area is 243 Å². The van der Waals surface area contributed by atoms with Crippen LogP contribution in [-0.4, -0.2) is 81.5 Å². The van der Waals surface area contributed by atoms with E-state index in [9.17, 15) is 9.18 Å². The number of aromatic amines is 1. The standard InChI is InChI=1S/C31H35FN8O2/c1-5-42-23-15-25(28-26-17-34-36-29(26)37-40(28)18-23)21-7-9-27(33-16-21)39-12-10-31(11-13-39,19-38(3)4)35-30(41)24-14-22(32)8-6-20(24)2/h6-9,14-18H,5,10-13,19H2,1-4H3,(H,35,41)(H,36,37). The fourth-order valence-electron chi connectivity index (χ4n) is 5.98. The first-order valence-corrected chi connectivity index (χ1v) is 14.2. The molecule has 1 saturated heterocycles. The van der Waals surface area contributed by atoms with Gasteiger partial charge in [-0.1, -0.05) is 6.07 Å². The molecule has 1 aromatic carbocycles. The number of ether oxygens (including phenoxy) is 1. The number of piperidine rings is 1. The molecule has 0 atom stereocenters. The molecule has 10 nitrogen and oxygen atoms in total. The van der Waals surface area contributed by atoms with Crippen LogP contribution in [0.1, 0.15) is 35.7 Å². The molecule has 0 bridgehead atoms. The van der Waals surface area contributed by atoms with Crippen molar-refractivity contribution in [2.24, 2.45) is 0 Å². The van der Waals surface area contributed by atoms with Gasteiger partial charge < -0.3 is 19.9 Å². The highest BCUT2D eigenvalue weighted by Crippen LogP contribution is 2.34. The first-order chi connectivity index (χ1) is 20.2. The van der Waals surface area contributed by atoms with Gasteiger partial charge >= 0.3 is 0 Å². The number of pyridine rings is 2. The predicted octanol–water partition coefficient (Wildman–Crippen LogP) is 4.45. The van der Waals surface area contributed by atoms with Crippen molar-refractivity contribution in [2.75, 3.05) is 45.2 Å². The summed E-state index contributed by atoms with van der Waals surface area (Å²) in [5.41, 5.74) is 4.26. The summed E-state index contributed by atoms with van der Waals surface area (Å²) in [5, 5.41) is 15.9. The summed E-state index contributed by atoms with van der Waals surface area (Å²) in [5.74, 6) is 0.955. The van der Waals surface area contributed by atoms with Gasteiger partial charge in [-0.25, -0.2) is 13.9 Å². The van der Waals surface area contributed by atoms with Crippen LogP contribution in [0, 0.1) is 12.7 Å². The number of nitrogens with one attached hydrogen (secondary N) is 2. The number of benzene rings is 1. The molecule has 6 rings (SSSR count). The van der Waals surface area contributed by atoms with Gasteiger partial charge in [0.25, 0.3) is 5.91 Å². The zero-order chi connectivity index (χ0) is 29.4. The molecule has 0 saturated carbocycles. The number of aryl methyl sites for hydroxylation is 1. The van der Waals surface area contributed by atoms with Crippen LogP contribution in [0.2, 0.25) is 0 Å². The monoisotopic (exact) mass is 570 g/mol. The molecule has 42 heavy (non-hydrogen) atoms. The quantitative estimate of drug-likeness (QED) is 0.284. The van der Waals surface area contributed by atoms with Crippen molar-refractivity contribution in [3.05, 3.63) is 71.9 Å². The average Bonchev–Trinajstić information content (AvgIpc) is 3.56. The Bertz CT molecular complexity index is 1740. The second kappa shape index (κ2) is 11.1. The summed E-state index contributed by atoms with van der Waals surface area (Å²) in [6.45, 7) is 6.48. The summed E-state index contributed by atoms with van der Waals surface area (Å²) in [7, 11) is 4.01. The Morgan fingerprint density at radius 3 is 2.69 bits per heavy atom. The number of nitrogens with zero attached hydrogens (tertiary/aromatic N) is 6. The van der Waals surface area contributed by atoms with Gasteiger partial charge in [0, 0.05) is 42.5 Å². The van der Waals surface area contributed by atoms with Crippen molar-refractivity contribution in [1.29, 1.82) is 0 Å². The van der Waals surface area contributed by atoms with E-state index < -0.39 is 11.4 Å². The Balaban J connectivity index is 1.22. The number of carbonyl (C=O) groups is 1. The maximum atomic E-state index is 13.9. The highest BCUT2D eigenvalue weighted by molar-refractivity contribution is 6.01. The van der Waals surface area contributed by atoms with E-state index in [1.54, 1.807) is 12.3 Å². The molecule has 2 N–H and O–H groups in total. The van der Waals surface area contributed by atoms with E-state index in [0.717, 1.165) is 65.1 Å². The molecule has 0 spiro atoms. The first kappa shape index (κ1) is 27.6. The number of fused-ring (bicyclic) bond motifs is 3. The third-order valence-electron chi connectivity index (χ3n) is 7.96. The lowest BCUT2D eigenvalue weighted by Gasteiger charge is -2.44. The second-order valence-electron chi connectivity index (χ2n) is 11.3. The molecule has 218 valence electrons. The molecule has 1 aliphatic rings. The molecule has 1 fully saturated rings. The number of H-pyrrole nitrogens is 1. The summed E-state index contributed by atoms with van der Waals surface area (Å²) < 4.78 is 21.6. The highest BCUT2D eigenvalue weighted by atomic mass is 19.1. The average molecular weight is 571 g/mol. The minimum Gasteiger partial charge on any atom is -0.492 e. The Morgan fingerprint density at radius 2 is 1.98 bits per heavy atom. The van der Waals surface area contributed by atoms with Gasteiger partial charge in [-0.05, 0) is 76.7 Å². The molecule has 5 aromatic rings. The van der Waals surface area contributed by atoms with E-state index in [-0.39, 0.29) is 5.91 Å². The van der Waals surface area contributed by atoms with Crippen molar-refractivity contribution >= 4 is 28.3 Å². The number of likely N-dealkylation sites (N-methyl/N-ethyl adjacent to an activating group) is 1. The van der Waals surface area contributed by atoms with Crippen LogP contribution < -0.4 is 15.0 Å². The van der Waals surface area contributed by atoms with Crippen molar-refractivity contribution in [3.8, 4) is 16.9 Å². The zero-order valence-corrected chi connectivity index (χ0v) is 24.3. The lowest BCUT2D eigenvalue weighted by molar-refractivity contribution is 0.0851. The maximum absolute atomic E-state index is 13.9. The topological polar surface area (TPSA) is 104 Å². The first-order valence-electron chi connectivity index (χ1n) is 14.2. The molecule has 4 aromatic heterocycles. The van der Waals surface area contributed by atoms with E-state index in [2.05, 4.69) is 36.5 Å². The number of halogens is 1. The van der Waals surface area contributed by atoms with E-state index in [4.69, 9.17) is 9.72 Å². The summed E-state index contributed by atoms with van der Waals surface area (Å²) in [4.78, 5) is 22.4. The number of amides is 1. The normalized spacial score (nSPS) is 15.0. The Hall–Kier alpha value is -4.51. The van der Waals surface area contributed by atoms with Crippen LogP contribution in [0.3, 0.4) is 0 Å². The molecular formula is C31H35FN8O2. The van der Waals surface area contributed by atoms with Crippen LogP contribution in [0.25, 0.3) is 27.7 Å². The number of rotatable bonds is 8. The summed E-state index contributed by atoms with van der Waals surface area (Å²) in [6.07, 6.45) is 7.01. The molecule has 5 heterocycles. The third-order valence-corrected chi connectivity index (χ3v) is 7.96. The number of carbonyl (C=O) groups excluding carboxylic acids is 1. The van der Waals surface area contributed by atoms with E-state index in [0.29, 0.717) is 24.4 Å². The molecular weight excluding hydrogens is 535 g/mol. The molecule has 1 amide bonds. The summed E-state index contributed by atoms with van der Waals surface area (Å²) in [6, 6.07) is 10.5. The Morgan fingerprint density at radius 1 is 1.17 bits per heavy atom. The van der Waals surface area contributed by atoms with Gasteiger partial charge in [0.05, 0.1) is 35.4 Å². The molecule has 0 radical (unpaired) electrons. The minimum absolute atomic E-state index is 0.239. The van der Waals surface area contributed by atoms with Crippen molar-refractivity contribution in [1.82, 2.24) is 35.0 Å². The maximum Gasteiger partial charge on any atom is 0.252 e. The third kappa shape index (κ3) is 5.27. The van der Waals surface area contributed by atoms with Gasteiger partial charge in [-0.15, -0.1) is 5.10 Å². The Kier molecular flexibility index (Phi) is 7.28. The number of anilines is 1. The molecule has 0 aliphatic carbocycles. The van der Waals surface area contributed by atoms with E-state index >= 15 is 0 Å². The molecule has 1 aliphatic heterocycles. The number of hydrogen-bond donors (Lipinski definition) is 2. The van der Waals surface area contributed by atoms with Gasteiger partial charge in [0.15, 0.2) is 5.65 Å². The second-order valence-corrected chi connectivity index (χ2v) is 11.3. The van der Waals surface area contributed by atoms with Crippen molar-refractivity contribution in [2.45, 2.75) is 32.2 Å². The lowest BCUT2D eigenvalue weighted by atomic mass is 9.86. The number of hydrogen-bond acceptors (Lipinski definition) is 7. The van der Waals surface area contributed by atoms with Crippen LogP contribution in [0.5, 0.6) is 5.75 Å². The van der Waals surface area contributed by atoms with Crippen LogP contribution >= 0.6 is 0 Å². The minimum atomic E-state index is -0.431. The van der Waals surface area contributed by atoms with E-state index in [1.807, 2.05) is 57.0 Å². The van der Waals surface area contributed by atoms with Crippen LogP contribution in [-0.2, 0) is 0 Å². The van der Waals surface area contributed by atoms with Gasteiger partial charge in [0.1, 0.15) is 17.4 Å².